The number of rotatable bonds is 6. The Morgan fingerprint density at radius 1 is 1.29 bits per heavy atom. The summed E-state index contributed by atoms with van der Waals surface area (Å²) in [5.41, 5.74) is -0.127. The van der Waals surface area contributed by atoms with E-state index >= 15 is 0 Å². The maximum Gasteiger partial charge on any atom is 0.310 e. The fraction of sp³-hybridized carbons (Fsp3) is 0.533. The summed E-state index contributed by atoms with van der Waals surface area (Å²) in [7, 11) is 0. The van der Waals surface area contributed by atoms with E-state index in [1.165, 1.54) is 31.4 Å². The van der Waals surface area contributed by atoms with Gasteiger partial charge in [-0.1, -0.05) is 31.4 Å². The minimum Gasteiger partial charge on any atom is -0.477 e. The van der Waals surface area contributed by atoms with Crippen LogP contribution in [0.15, 0.2) is 24.3 Å². The number of nitro benzene ring substituents is 1. The molecular weight excluding hydrogens is 272 g/mol. The predicted molar refractivity (Wildman–Crippen MR) is 78.2 cm³/mol. The summed E-state index contributed by atoms with van der Waals surface area (Å²) in [4.78, 5) is 22.0. The second-order valence-corrected chi connectivity index (χ2v) is 5.32. The molecule has 0 radical (unpaired) electrons. The maximum absolute atomic E-state index is 11.7. The van der Waals surface area contributed by atoms with Gasteiger partial charge in [-0.2, -0.15) is 0 Å². The number of carbonyl (C=O) groups is 1. The van der Waals surface area contributed by atoms with Crippen LogP contribution in [0.4, 0.5) is 5.69 Å². The zero-order valence-corrected chi connectivity index (χ0v) is 11.9. The van der Waals surface area contributed by atoms with E-state index in [9.17, 15) is 14.9 Å². The van der Waals surface area contributed by atoms with Crippen LogP contribution >= 0.6 is 0 Å². The van der Waals surface area contributed by atoms with Crippen LogP contribution in [0.5, 0.6) is 5.75 Å². The van der Waals surface area contributed by atoms with E-state index in [1.54, 1.807) is 12.1 Å². The number of carbonyl (C=O) groups excluding carboxylic acids is 1. The average Bonchev–Trinajstić information content (AvgIpc) is 2.52. The fourth-order valence-electron chi connectivity index (χ4n) is 2.57. The van der Waals surface area contributed by atoms with E-state index in [4.69, 9.17) is 4.74 Å². The SMILES string of the molecule is O=C(COc1ccccc1[N+](=O)[O-])NCC1CCCCC1. The third-order valence-electron chi connectivity index (χ3n) is 3.73. The summed E-state index contributed by atoms with van der Waals surface area (Å²) in [5, 5.41) is 13.7. The van der Waals surface area contributed by atoms with Crippen molar-refractivity contribution >= 4 is 11.6 Å². The molecule has 2 rings (SSSR count). The lowest BCUT2D eigenvalue weighted by atomic mass is 9.89. The first-order chi connectivity index (χ1) is 10.2. The number of para-hydroxylation sites is 2. The molecule has 0 saturated heterocycles. The Morgan fingerprint density at radius 3 is 2.71 bits per heavy atom. The average molecular weight is 292 g/mol. The van der Waals surface area contributed by atoms with Crippen molar-refractivity contribution in [2.24, 2.45) is 5.92 Å². The van der Waals surface area contributed by atoms with Crippen LogP contribution in [-0.2, 0) is 4.79 Å². The van der Waals surface area contributed by atoms with Gasteiger partial charge >= 0.3 is 5.69 Å². The zero-order valence-electron chi connectivity index (χ0n) is 11.9. The van der Waals surface area contributed by atoms with Crippen LogP contribution < -0.4 is 10.1 Å². The van der Waals surface area contributed by atoms with Crippen molar-refractivity contribution in [3.8, 4) is 5.75 Å². The minimum absolute atomic E-state index is 0.121. The number of benzene rings is 1. The molecule has 21 heavy (non-hydrogen) atoms. The van der Waals surface area contributed by atoms with Gasteiger partial charge in [0.15, 0.2) is 12.4 Å². The third kappa shape index (κ3) is 4.73. The van der Waals surface area contributed by atoms with Crippen LogP contribution in [0.3, 0.4) is 0 Å². The third-order valence-corrected chi connectivity index (χ3v) is 3.73. The Bertz CT molecular complexity index is 498. The van der Waals surface area contributed by atoms with Crippen molar-refractivity contribution in [2.75, 3.05) is 13.2 Å². The van der Waals surface area contributed by atoms with E-state index in [0.717, 1.165) is 12.8 Å². The van der Waals surface area contributed by atoms with Crippen molar-refractivity contribution in [1.82, 2.24) is 5.32 Å². The lowest BCUT2D eigenvalue weighted by Crippen LogP contribution is -2.33. The molecule has 0 bridgehead atoms. The first-order valence-corrected chi connectivity index (χ1v) is 7.29. The van der Waals surface area contributed by atoms with Gasteiger partial charge < -0.3 is 10.1 Å². The highest BCUT2D eigenvalue weighted by Crippen LogP contribution is 2.25. The van der Waals surface area contributed by atoms with Gasteiger partial charge in [0, 0.05) is 12.6 Å². The van der Waals surface area contributed by atoms with Gasteiger partial charge in [0.25, 0.3) is 5.91 Å². The molecule has 0 atom stereocenters. The Morgan fingerprint density at radius 2 is 2.00 bits per heavy atom. The van der Waals surface area contributed by atoms with E-state index in [-0.39, 0.29) is 24.0 Å². The fourth-order valence-corrected chi connectivity index (χ4v) is 2.57. The predicted octanol–water partition coefficient (Wildman–Crippen LogP) is 2.67. The van der Waals surface area contributed by atoms with Crippen molar-refractivity contribution in [2.45, 2.75) is 32.1 Å². The van der Waals surface area contributed by atoms with E-state index in [0.29, 0.717) is 12.5 Å². The summed E-state index contributed by atoms with van der Waals surface area (Å²) in [6.45, 7) is 0.469. The molecule has 1 aromatic rings. The Balaban J connectivity index is 1.77. The molecule has 0 heterocycles. The van der Waals surface area contributed by atoms with Crippen LogP contribution in [0.25, 0.3) is 0 Å². The molecule has 6 nitrogen and oxygen atoms in total. The summed E-state index contributed by atoms with van der Waals surface area (Å²) < 4.78 is 5.25. The first-order valence-electron chi connectivity index (χ1n) is 7.29. The van der Waals surface area contributed by atoms with Crippen LogP contribution in [-0.4, -0.2) is 24.0 Å². The van der Waals surface area contributed by atoms with E-state index in [1.807, 2.05) is 0 Å². The van der Waals surface area contributed by atoms with Crippen molar-refractivity contribution in [3.63, 3.8) is 0 Å². The smallest absolute Gasteiger partial charge is 0.310 e. The molecule has 114 valence electrons. The maximum atomic E-state index is 11.7. The molecule has 1 fully saturated rings. The summed E-state index contributed by atoms with van der Waals surface area (Å²) >= 11 is 0. The normalized spacial score (nSPS) is 15.4. The summed E-state index contributed by atoms with van der Waals surface area (Å²) in [5.74, 6) is 0.433. The molecule has 0 spiro atoms. The van der Waals surface area contributed by atoms with Crippen LogP contribution in [0.1, 0.15) is 32.1 Å². The molecule has 6 heteroatoms. The Kier molecular flexibility index (Phi) is 5.54. The highest BCUT2D eigenvalue weighted by atomic mass is 16.6. The van der Waals surface area contributed by atoms with Gasteiger partial charge in [0.1, 0.15) is 0 Å². The topological polar surface area (TPSA) is 81.5 Å². The second-order valence-electron chi connectivity index (χ2n) is 5.32. The molecule has 0 aliphatic heterocycles. The molecule has 1 amide bonds. The molecule has 0 unspecified atom stereocenters. The molecule has 0 aromatic heterocycles. The first kappa shape index (κ1) is 15.3. The Labute approximate surface area is 123 Å². The quantitative estimate of drug-likeness (QED) is 0.645. The molecule has 1 aromatic carbocycles. The van der Waals surface area contributed by atoms with Crippen LogP contribution in [0, 0.1) is 16.0 Å². The summed E-state index contributed by atoms with van der Waals surface area (Å²) in [6, 6.07) is 6.05. The van der Waals surface area contributed by atoms with E-state index < -0.39 is 4.92 Å². The highest BCUT2D eigenvalue weighted by Gasteiger charge is 2.16. The number of hydrogen-bond donors (Lipinski definition) is 1. The molecule has 1 N–H and O–H groups in total. The zero-order chi connectivity index (χ0) is 15.1. The highest BCUT2D eigenvalue weighted by molar-refractivity contribution is 5.77. The van der Waals surface area contributed by atoms with Gasteiger partial charge in [-0.3, -0.25) is 14.9 Å². The monoisotopic (exact) mass is 292 g/mol. The molecule has 1 aliphatic carbocycles. The van der Waals surface area contributed by atoms with Crippen molar-refractivity contribution < 1.29 is 14.5 Å². The lowest BCUT2D eigenvalue weighted by molar-refractivity contribution is -0.385. The lowest BCUT2D eigenvalue weighted by Gasteiger charge is -2.21. The Hall–Kier alpha value is -2.11. The van der Waals surface area contributed by atoms with Gasteiger partial charge in [-0.25, -0.2) is 0 Å². The number of nitro groups is 1. The number of nitrogens with one attached hydrogen (secondary N) is 1. The summed E-state index contributed by atoms with van der Waals surface area (Å²) in [6.07, 6.45) is 6.06. The molecular formula is C15H20N2O4. The van der Waals surface area contributed by atoms with Gasteiger partial charge in [-0.15, -0.1) is 0 Å². The molecule has 1 aliphatic rings. The van der Waals surface area contributed by atoms with Crippen molar-refractivity contribution in [1.29, 1.82) is 0 Å². The van der Waals surface area contributed by atoms with Crippen LogP contribution in [0.2, 0.25) is 0 Å². The second kappa shape index (κ2) is 7.61. The largest absolute Gasteiger partial charge is 0.477 e. The van der Waals surface area contributed by atoms with E-state index in [2.05, 4.69) is 5.32 Å². The van der Waals surface area contributed by atoms with Gasteiger partial charge in [0.2, 0.25) is 0 Å². The number of nitrogens with zero attached hydrogens (tertiary/aromatic N) is 1. The number of hydrogen-bond acceptors (Lipinski definition) is 4. The van der Waals surface area contributed by atoms with Gasteiger partial charge in [-0.05, 0) is 24.8 Å². The van der Waals surface area contributed by atoms with Gasteiger partial charge in [0.05, 0.1) is 4.92 Å². The molecule has 1 saturated carbocycles. The van der Waals surface area contributed by atoms with Crippen molar-refractivity contribution in [3.05, 3.63) is 34.4 Å². The minimum atomic E-state index is -0.519. The number of amides is 1. The number of ether oxygens (including phenoxy) is 1. The standard InChI is InChI=1S/C15H20N2O4/c18-15(16-10-12-6-2-1-3-7-12)11-21-14-9-5-4-8-13(14)17(19)20/h4-5,8-9,12H,1-3,6-7,10-11H2,(H,16,18).